The number of nitrogens with two attached hydrogens (primary N) is 1. The summed E-state index contributed by atoms with van der Waals surface area (Å²) in [7, 11) is 1.95. The fourth-order valence-electron chi connectivity index (χ4n) is 1.46. The van der Waals surface area contributed by atoms with Crippen LogP contribution < -0.4 is 16.6 Å². The first kappa shape index (κ1) is 11.3. The van der Waals surface area contributed by atoms with Gasteiger partial charge >= 0.3 is 0 Å². The van der Waals surface area contributed by atoms with E-state index in [0.29, 0.717) is 18.3 Å². The van der Waals surface area contributed by atoms with Gasteiger partial charge < -0.3 is 9.88 Å². The summed E-state index contributed by atoms with van der Waals surface area (Å²) < 4.78 is 1.95. The van der Waals surface area contributed by atoms with E-state index in [0.717, 1.165) is 11.5 Å². The Morgan fingerprint density at radius 1 is 1.41 bits per heavy atom. The Hall–Kier alpha value is -2.15. The molecule has 0 fully saturated rings. The number of nitrogen functional groups attached to an aromatic ring is 1. The third-order valence-corrected chi connectivity index (χ3v) is 2.33. The second-order valence-corrected chi connectivity index (χ2v) is 3.67. The van der Waals surface area contributed by atoms with Crippen molar-refractivity contribution in [2.75, 3.05) is 10.7 Å². The van der Waals surface area contributed by atoms with Crippen molar-refractivity contribution in [2.24, 2.45) is 12.9 Å². The number of hydrogen-bond donors (Lipinski definition) is 3. The van der Waals surface area contributed by atoms with Crippen LogP contribution in [-0.2, 0) is 13.6 Å². The largest absolute Gasteiger partial charge is 0.363 e. The zero-order valence-corrected chi connectivity index (χ0v) is 9.81. The first-order chi connectivity index (χ1) is 8.19. The number of anilines is 2. The molecule has 0 radical (unpaired) electrons. The van der Waals surface area contributed by atoms with Crippen molar-refractivity contribution in [1.29, 1.82) is 0 Å². The van der Waals surface area contributed by atoms with E-state index in [2.05, 4.69) is 25.7 Å². The lowest BCUT2D eigenvalue weighted by Crippen LogP contribution is -2.13. The molecule has 0 saturated carbocycles. The summed E-state index contributed by atoms with van der Waals surface area (Å²) in [4.78, 5) is 12.5. The van der Waals surface area contributed by atoms with E-state index >= 15 is 0 Å². The van der Waals surface area contributed by atoms with Gasteiger partial charge in [0.2, 0.25) is 5.95 Å². The summed E-state index contributed by atoms with van der Waals surface area (Å²) in [5.74, 6) is 7.33. The van der Waals surface area contributed by atoms with Crippen molar-refractivity contribution in [3.8, 4) is 0 Å². The molecule has 0 amide bonds. The summed E-state index contributed by atoms with van der Waals surface area (Å²) in [6, 6.07) is 1.85. The van der Waals surface area contributed by atoms with Gasteiger partial charge in [0.05, 0.1) is 6.54 Å². The van der Waals surface area contributed by atoms with E-state index in [1.54, 1.807) is 6.20 Å². The Bertz CT molecular complexity index is 505. The molecule has 0 spiro atoms. The number of aryl methyl sites for hydroxylation is 2. The van der Waals surface area contributed by atoms with Crippen molar-refractivity contribution in [1.82, 2.24) is 19.5 Å². The van der Waals surface area contributed by atoms with Gasteiger partial charge in [-0.3, -0.25) is 5.43 Å². The molecule has 17 heavy (non-hydrogen) atoms. The minimum Gasteiger partial charge on any atom is -0.363 e. The first-order valence-corrected chi connectivity index (χ1v) is 5.21. The number of nitrogens with one attached hydrogen (secondary N) is 2. The molecule has 2 rings (SSSR count). The molecule has 0 atom stereocenters. The number of imidazole rings is 1. The number of rotatable bonds is 4. The molecular weight excluding hydrogens is 218 g/mol. The Kier molecular flexibility index (Phi) is 3.20. The maximum absolute atomic E-state index is 5.28. The maximum atomic E-state index is 5.28. The van der Waals surface area contributed by atoms with Crippen LogP contribution in [0.2, 0.25) is 0 Å². The lowest BCUT2D eigenvalue weighted by Gasteiger charge is -2.08. The second kappa shape index (κ2) is 4.79. The van der Waals surface area contributed by atoms with Gasteiger partial charge in [-0.15, -0.1) is 0 Å². The smallest absolute Gasteiger partial charge is 0.239 e. The molecule has 4 N–H and O–H groups in total. The van der Waals surface area contributed by atoms with Crippen LogP contribution in [0, 0.1) is 6.92 Å². The third kappa shape index (κ3) is 2.70. The first-order valence-electron chi connectivity index (χ1n) is 5.21. The lowest BCUT2D eigenvalue weighted by molar-refractivity contribution is 0.810. The Morgan fingerprint density at radius 3 is 2.88 bits per heavy atom. The van der Waals surface area contributed by atoms with E-state index in [1.165, 1.54) is 0 Å². The molecule has 0 aliphatic rings. The molecule has 0 aromatic carbocycles. The number of hydrogen-bond acceptors (Lipinski definition) is 6. The molecule has 2 aromatic heterocycles. The summed E-state index contributed by atoms with van der Waals surface area (Å²) >= 11 is 0. The van der Waals surface area contributed by atoms with Crippen molar-refractivity contribution >= 4 is 11.8 Å². The van der Waals surface area contributed by atoms with Crippen molar-refractivity contribution in [3.63, 3.8) is 0 Å². The van der Waals surface area contributed by atoms with Crippen molar-refractivity contribution < 1.29 is 0 Å². The zero-order valence-electron chi connectivity index (χ0n) is 9.81. The molecular formula is C10H15N7. The molecule has 0 bridgehead atoms. The average Bonchev–Trinajstić information content (AvgIpc) is 2.71. The second-order valence-electron chi connectivity index (χ2n) is 3.67. The van der Waals surface area contributed by atoms with Crippen LogP contribution >= 0.6 is 0 Å². The fraction of sp³-hybridized carbons (Fsp3) is 0.300. The van der Waals surface area contributed by atoms with E-state index in [9.17, 15) is 0 Å². The summed E-state index contributed by atoms with van der Waals surface area (Å²) in [6.45, 7) is 2.48. The van der Waals surface area contributed by atoms with E-state index in [1.807, 2.05) is 30.8 Å². The normalized spacial score (nSPS) is 10.3. The maximum Gasteiger partial charge on any atom is 0.239 e. The SMILES string of the molecule is Cc1cc(NCc2nccn2C)nc(NN)n1. The lowest BCUT2D eigenvalue weighted by atomic mass is 10.4. The van der Waals surface area contributed by atoms with Crippen LogP contribution in [0.5, 0.6) is 0 Å². The van der Waals surface area contributed by atoms with Gasteiger partial charge in [-0.25, -0.2) is 15.8 Å². The Morgan fingerprint density at radius 2 is 2.24 bits per heavy atom. The molecule has 0 saturated heterocycles. The number of aromatic nitrogens is 4. The monoisotopic (exact) mass is 233 g/mol. The average molecular weight is 233 g/mol. The quantitative estimate of drug-likeness (QED) is 0.523. The molecule has 7 nitrogen and oxygen atoms in total. The van der Waals surface area contributed by atoms with Crippen LogP contribution in [0.15, 0.2) is 18.5 Å². The fourth-order valence-corrected chi connectivity index (χ4v) is 1.46. The number of hydrazine groups is 1. The van der Waals surface area contributed by atoms with Gasteiger partial charge in [0.15, 0.2) is 0 Å². The van der Waals surface area contributed by atoms with Crippen LogP contribution in [-0.4, -0.2) is 19.5 Å². The molecule has 7 heteroatoms. The van der Waals surface area contributed by atoms with Gasteiger partial charge in [-0.1, -0.05) is 0 Å². The molecule has 2 heterocycles. The molecule has 90 valence electrons. The van der Waals surface area contributed by atoms with Crippen LogP contribution in [0.25, 0.3) is 0 Å². The molecule has 0 aliphatic heterocycles. The van der Waals surface area contributed by atoms with Gasteiger partial charge in [0.25, 0.3) is 0 Å². The molecule has 0 aliphatic carbocycles. The van der Waals surface area contributed by atoms with Gasteiger partial charge in [0, 0.05) is 31.2 Å². The van der Waals surface area contributed by atoms with Crippen molar-refractivity contribution in [2.45, 2.75) is 13.5 Å². The molecule has 2 aromatic rings. The highest BCUT2D eigenvalue weighted by Crippen LogP contribution is 2.09. The Balaban J connectivity index is 2.09. The predicted molar refractivity (Wildman–Crippen MR) is 65.1 cm³/mol. The highest BCUT2D eigenvalue weighted by molar-refractivity contribution is 5.41. The van der Waals surface area contributed by atoms with Gasteiger partial charge in [-0.05, 0) is 6.92 Å². The Labute approximate surface area is 99.1 Å². The third-order valence-electron chi connectivity index (χ3n) is 2.33. The highest BCUT2D eigenvalue weighted by atomic mass is 15.3. The standard InChI is InChI=1S/C10H15N7/c1-7-5-8(15-10(14-7)16-11)13-6-9-12-3-4-17(9)2/h3-5H,6,11H2,1-2H3,(H2,13,14,15,16). The van der Waals surface area contributed by atoms with Crippen LogP contribution in [0.3, 0.4) is 0 Å². The summed E-state index contributed by atoms with van der Waals surface area (Å²) in [5.41, 5.74) is 3.27. The number of nitrogens with zero attached hydrogens (tertiary/aromatic N) is 4. The van der Waals surface area contributed by atoms with Crippen LogP contribution in [0.4, 0.5) is 11.8 Å². The molecule has 0 unspecified atom stereocenters. The van der Waals surface area contributed by atoms with Gasteiger partial charge in [0.1, 0.15) is 11.6 Å². The summed E-state index contributed by atoms with van der Waals surface area (Å²) in [5, 5.41) is 3.17. The zero-order chi connectivity index (χ0) is 12.3. The van der Waals surface area contributed by atoms with E-state index in [-0.39, 0.29) is 0 Å². The highest BCUT2D eigenvalue weighted by Gasteiger charge is 2.02. The van der Waals surface area contributed by atoms with E-state index in [4.69, 9.17) is 5.84 Å². The predicted octanol–water partition coefficient (Wildman–Crippen LogP) is 0.416. The topological polar surface area (TPSA) is 93.7 Å². The van der Waals surface area contributed by atoms with Crippen molar-refractivity contribution in [3.05, 3.63) is 30.0 Å². The van der Waals surface area contributed by atoms with Gasteiger partial charge in [-0.2, -0.15) is 4.98 Å². The van der Waals surface area contributed by atoms with Crippen LogP contribution in [0.1, 0.15) is 11.5 Å². The van der Waals surface area contributed by atoms with E-state index < -0.39 is 0 Å². The minimum absolute atomic E-state index is 0.396. The minimum atomic E-state index is 0.396. The summed E-state index contributed by atoms with van der Waals surface area (Å²) in [6.07, 6.45) is 3.66.